The first-order valence-corrected chi connectivity index (χ1v) is 13.5. The van der Waals surface area contributed by atoms with Gasteiger partial charge in [0.2, 0.25) is 12.1 Å². The molecule has 4 N–H and O–H groups in total. The Morgan fingerprint density at radius 3 is 2.66 bits per heavy atom. The lowest BCUT2D eigenvalue weighted by atomic mass is 10.1. The zero-order valence-corrected chi connectivity index (χ0v) is 22.3. The zero-order chi connectivity index (χ0) is 26.4. The predicted octanol–water partition coefficient (Wildman–Crippen LogP) is 3.51. The number of para-hydroxylation sites is 1. The van der Waals surface area contributed by atoms with Crippen LogP contribution in [-0.4, -0.2) is 55.9 Å². The molecular formula is C27H31N6O4S+. The van der Waals surface area contributed by atoms with Gasteiger partial charge in [-0.15, -0.1) is 11.3 Å². The molecule has 1 saturated heterocycles. The lowest BCUT2D eigenvalue weighted by molar-refractivity contribution is -0.909. The van der Waals surface area contributed by atoms with Gasteiger partial charge in [0.15, 0.2) is 5.79 Å². The third-order valence-electron chi connectivity index (χ3n) is 7.08. The molecule has 4 heterocycles. The van der Waals surface area contributed by atoms with Crippen molar-refractivity contribution in [3.63, 3.8) is 0 Å². The molecule has 1 saturated carbocycles. The third kappa shape index (κ3) is 4.66. The summed E-state index contributed by atoms with van der Waals surface area (Å²) in [6.45, 7) is 6.11. The first kappa shape index (κ1) is 24.9. The minimum atomic E-state index is -0.720. The second-order valence-electron chi connectivity index (χ2n) is 10.2. The molecule has 11 heteroatoms. The highest BCUT2D eigenvalue weighted by atomic mass is 32.1. The Balaban J connectivity index is 1.37. The highest BCUT2D eigenvalue weighted by molar-refractivity contribution is 7.21. The molecule has 0 radical (unpaired) electrons. The summed E-state index contributed by atoms with van der Waals surface area (Å²) in [6.07, 6.45) is 1.83. The molecule has 0 unspecified atom stereocenters. The number of hydrogen-bond acceptors (Lipinski definition) is 10. The number of nitrogens with one attached hydrogen (secondary N) is 2. The van der Waals surface area contributed by atoms with Crippen molar-refractivity contribution in [1.82, 2.24) is 15.0 Å². The number of pyridine rings is 1. The lowest BCUT2D eigenvalue weighted by Gasteiger charge is -2.25. The van der Waals surface area contributed by atoms with Crippen LogP contribution in [0.2, 0.25) is 0 Å². The van der Waals surface area contributed by atoms with E-state index < -0.39 is 5.79 Å². The maximum absolute atomic E-state index is 10.1. The molecule has 1 aromatic carbocycles. The highest BCUT2D eigenvalue weighted by Crippen LogP contribution is 2.44. The molecule has 198 valence electrons. The average Bonchev–Trinajstić information content (AvgIpc) is 3.54. The van der Waals surface area contributed by atoms with Crippen LogP contribution in [0.25, 0.3) is 20.8 Å². The minimum absolute atomic E-state index is 0.0252. The molecule has 0 spiro atoms. The van der Waals surface area contributed by atoms with E-state index in [-0.39, 0.29) is 30.8 Å². The monoisotopic (exact) mass is 535 g/mol. The number of anilines is 2. The van der Waals surface area contributed by atoms with Gasteiger partial charge < -0.3 is 25.2 Å². The Kier molecular flexibility index (Phi) is 6.39. The summed E-state index contributed by atoms with van der Waals surface area (Å²) >= 11 is 1.60. The number of thiazole rings is 1. The number of nitrogens with zero attached hydrogens (tertiary/aromatic N) is 4. The lowest BCUT2D eigenvalue weighted by Crippen LogP contribution is -2.36. The van der Waals surface area contributed by atoms with Gasteiger partial charge in [0, 0.05) is 29.4 Å². The molecule has 3 aromatic heterocycles. The number of aliphatic hydroxyl groups excluding tert-OH is 1. The first-order chi connectivity index (χ1) is 18.3. The van der Waals surface area contributed by atoms with Gasteiger partial charge in [0.25, 0.3) is 5.69 Å². The van der Waals surface area contributed by atoms with Crippen LogP contribution in [0.4, 0.5) is 11.8 Å². The molecule has 2 fully saturated rings. The summed E-state index contributed by atoms with van der Waals surface area (Å²) < 4.78 is 14.6. The van der Waals surface area contributed by atoms with E-state index in [2.05, 4.69) is 16.7 Å². The molecule has 4 atom stereocenters. The summed E-state index contributed by atoms with van der Waals surface area (Å²) in [4.78, 5) is 14.5. The second-order valence-corrected chi connectivity index (χ2v) is 11.3. The molecule has 10 nitrogen and oxygen atoms in total. The fourth-order valence-electron chi connectivity index (χ4n) is 5.35. The number of aromatic nitrogens is 4. The van der Waals surface area contributed by atoms with Crippen LogP contribution < -0.4 is 15.4 Å². The SMILES string of the molecule is Cc1nc(NCc2cccc[n+]2O)nc(N[C@@H]2C[C@H](CO)[C@H]3OC(C)(C)O[C@H]32)c1-c1nc2ccccc2s1. The number of ether oxygens (including phenoxy) is 2. The summed E-state index contributed by atoms with van der Waals surface area (Å²) in [7, 11) is 0. The van der Waals surface area contributed by atoms with E-state index in [4.69, 9.17) is 24.4 Å². The number of hydrogen-bond donors (Lipinski definition) is 4. The summed E-state index contributed by atoms with van der Waals surface area (Å²) in [6, 6.07) is 13.3. The van der Waals surface area contributed by atoms with Gasteiger partial charge in [-0.1, -0.05) is 12.1 Å². The average molecular weight is 536 g/mol. The van der Waals surface area contributed by atoms with E-state index in [1.165, 1.54) is 0 Å². The van der Waals surface area contributed by atoms with Gasteiger partial charge in [0.05, 0.1) is 33.6 Å². The molecule has 0 bridgehead atoms. The molecule has 4 aromatic rings. The largest absolute Gasteiger partial charge is 0.396 e. The van der Waals surface area contributed by atoms with E-state index in [0.717, 1.165) is 31.2 Å². The van der Waals surface area contributed by atoms with Crippen LogP contribution in [-0.2, 0) is 16.0 Å². The van der Waals surface area contributed by atoms with Gasteiger partial charge >= 0.3 is 0 Å². The standard InChI is InChI=1S/C27H31N6O4S/c1-15-21(25-31-18-9-4-5-10-20(18)38-25)24(32-26(29-15)28-13-17-8-6-7-11-33(17)35)30-19-12-16(14-34)22-23(19)37-27(2,3)36-22/h4-11,16,19,22-23,34-35H,12-14H2,1-3H3,(H2,28,29,30,32)/q+1/t16-,19-,22-,23+/m1/s1. The Hall–Kier alpha value is -3.38. The molecule has 0 amide bonds. The van der Waals surface area contributed by atoms with Gasteiger partial charge in [0.1, 0.15) is 23.5 Å². The normalized spacial score (nSPS) is 24.0. The van der Waals surface area contributed by atoms with Crippen LogP contribution in [0.15, 0.2) is 48.7 Å². The van der Waals surface area contributed by atoms with Crippen LogP contribution in [0.3, 0.4) is 0 Å². The van der Waals surface area contributed by atoms with Crippen LogP contribution in [0, 0.1) is 12.8 Å². The topological polar surface area (TPSA) is 126 Å². The Labute approximate surface area is 224 Å². The Bertz CT molecular complexity index is 1440. The second kappa shape index (κ2) is 9.73. The van der Waals surface area contributed by atoms with Gasteiger partial charge in [-0.2, -0.15) is 4.98 Å². The molecular weight excluding hydrogens is 504 g/mol. The number of aryl methyl sites for hydroxylation is 1. The highest BCUT2D eigenvalue weighted by Gasteiger charge is 2.54. The fourth-order valence-corrected chi connectivity index (χ4v) is 6.42. The predicted molar refractivity (Wildman–Crippen MR) is 143 cm³/mol. The molecule has 1 aliphatic heterocycles. The van der Waals surface area contributed by atoms with Gasteiger partial charge in [-0.25, -0.2) is 9.97 Å². The summed E-state index contributed by atoms with van der Waals surface area (Å²) in [5, 5.41) is 27.8. The van der Waals surface area contributed by atoms with Crippen molar-refractivity contribution in [3.05, 3.63) is 60.0 Å². The van der Waals surface area contributed by atoms with E-state index in [0.29, 0.717) is 30.4 Å². The van der Waals surface area contributed by atoms with Crippen LogP contribution >= 0.6 is 11.3 Å². The van der Waals surface area contributed by atoms with Crippen molar-refractivity contribution in [1.29, 1.82) is 0 Å². The quantitative estimate of drug-likeness (QED) is 0.208. The Morgan fingerprint density at radius 2 is 1.87 bits per heavy atom. The van der Waals surface area contributed by atoms with E-state index in [1.807, 2.05) is 51.1 Å². The zero-order valence-electron chi connectivity index (χ0n) is 21.5. The van der Waals surface area contributed by atoms with Crippen LogP contribution in [0.5, 0.6) is 0 Å². The third-order valence-corrected chi connectivity index (χ3v) is 8.14. The first-order valence-electron chi connectivity index (χ1n) is 12.7. The van der Waals surface area contributed by atoms with E-state index in [9.17, 15) is 10.3 Å². The molecule has 38 heavy (non-hydrogen) atoms. The number of aliphatic hydroxyl groups is 1. The smallest absolute Gasteiger partial charge is 0.253 e. The number of fused-ring (bicyclic) bond motifs is 2. The van der Waals surface area contributed by atoms with E-state index >= 15 is 0 Å². The van der Waals surface area contributed by atoms with Crippen LogP contribution in [0.1, 0.15) is 31.7 Å². The molecule has 2 aliphatic rings. The maximum atomic E-state index is 10.1. The maximum Gasteiger partial charge on any atom is 0.253 e. The van der Waals surface area contributed by atoms with Crippen molar-refractivity contribution in [2.24, 2.45) is 5.92 Å². The molecule has 6 rings (SSSR count). The van der Waals surface area contributed by atoms with Crippen molar-refractivity contribution >= 4 is 33.3 Å². The summed E-state index contributed by atoms with van der Waals surface area (Å²) in [5.74, 6) is 0.308. The minimum Gasteiger partial charge on any atom is -0.396 e. The number of rotatable bonds is 7. The Morgan fingerprint density at radius 1 is 1.08 bits per heavy atom. The van der Waals surface area contributed by atoms with Crippen molar-refractivity contribution in [3.8, 4) is 10.6 Å². The van der Waals surface area contributed by atoms with E-state index in [1.54, 1.807) is 23.6 Å². The summed E-state index contributed by atoms with van der Waals surface area (Å²) in [5.41, 5.74) is 3.19. The van der Waals surface area contributed by atoms with Crippen molar-refractivity contribution < 1.29 is 24.5 Å². The van der Waals surface area contributed by atoms with Crippen molar-refractivity contribution in [2.75, 3.05) is 17.2 Å². The molecule has 1 aliphatic carbocycles. The number of benzene rings is 1. The van der Waals surface area contributed by atoms with Crippen molar-refractivity contribution in [2.45, 2.75) is 57.8 Å². The van der Waals surface area contributed by atoms with Gasteiger partial charge in [-0.3, -0.25) is 5.21 Å². The fraction of sp³-hybridized carbons (Fsp3) is 0.407. The van der Waals surface area contributed by atoms with Gasteiger partial charge in [-0.05, 0) is 45.4 Å².